The van der Waals surface area contributed by atoms with E-state index in [0.717, 1.165) is 22.9 Å². The summed E-state index contributed by atoms with van der Waals surface area (Å²) in [5.74, 6) is 0.997. The molecule has 0 aromatic heterocycles. The van der Waals surface area contributed by atoms with Gasteiger partial charge < -0.3 is 10.0 Å². The molecule has 142 valence electrons. The molecule has 0 bridgehead atoms. The zero-order valence-electron chi connectivity index (χ0n) is 16.3. The monoisotopic (exact) mass is 363 g/mol. The van der Waals surface area contributed by atoms with E-state index in [4.69, 9.17) is 0 Å². The van der Waals surface area contributed by atoms with E-state index in [1.54, 1.807) is 0 Å². The molecule has 0 saturated heterocycles. The summed E-state index contributed by atoms with van der Waals surface area (Å²) in [6.45, 7) is 4.94. The second kappa shape index (κ2) is 7.38. The van der Waals surface area contributed by atoms with Gasteiger partial charge in [0.25, 0.3) is 5.91 Å². The highest BCUT2D eigenvalue weighted by Crippen LogP contribution is 2.37. The van der Waals surface area contributed by atoms with Crippen molar-refractivity contribution in [1.82, 2.24) is 4.90 Å². The van der Waals surface area contributed by atoms with Gasteiger partial charge >= 0.3 is 0 Å². The summed E-state index contributed by atoms with van der Waals surface area (Å²) < 4.78 is 0. The maximum atomic E-state index is 13.3. The number of nitrogens with zero attached hydrogens (tertiary/aromatic N) is 1. The van der Waals surface area contributed by atoms with E-state index < -0.39 is 0 Å². The third kappa shape index (κ3) is 3.36. The fourth-order valence-corrected chi connectivity index (χ4v) is 4.81. The van der Waals surface area contributed by atoms with Crippen LogP contribution in [0.5, 0.6) is 0 Å². The van der Waals surface area contributed by atoms with E-state index in [-0.39, 0.29) is 23.6 Å². The minimum Gasteiger partial charge on any atom is -0.509 e. The molecule has 0 spiro atoms. The van der Waals surface area contributed by atoms with E-state index in [9.17, 15) is 9.90 Å². The lowest BCUT2D eigenvalue weighted by atomic mass is 9.88. The Balaban J connectivity index is 1.69. The highest BCUT2D eigenvalue weighted by atomic mass is 16.3. The molecule has 1 aliphatic heterocycles. The van der Waals surface area contributed by atoms with Gasteiger partial charge in [-0.1, -0.05) is 69.5 Å². The van der Waals surface area contributed by atoms with Crippen LogP contribution in [0.25, 0.3) is 16.3 Å². The standard InChI is InChI=1S/C24H29NO2/c1-16(2)22-23(26)21(20-13-12-18-10-6-7-11-19(18)14-20)24(27)25(22)15-17-8-4-3-5-9-17/h6-7,10-14,16-17,22,26H,3-5,8-9,15H2,1-2H3. The van der Waals surface area contributed by atoms with Crippen molar-refractivity contribution in [3.8, 4) is 0 Å². The molecule has 3 nitrogen and oxygen atoms in total. The summed E-state index contributed by atoms with van der Waals surface area (Å²) in [5.41, 5.74) is 1.32. The maximum absolute atomic E-state index is 13.3. The van der Waals surface area contributed by atoms with Crippen LogP contribution in [0.15, 0.2) is 48.2 Å². The second-order valence-electron chi connectivity index (χ2n) is 8.47. The van der Waals surface area contributed by atoms with Crippen molar-refractivity contribution < 1.29 is 9.90 Å². The zero-order chi connectivity index (χ0) is 19.0. The molecule has 2 aromatic carbocycles. The smallest absolute Gasteiger partial charge is 0.258 e. The summed E-state index contributed by atoms with van der Waals surface area (Å²) in [6, 6.07) is 14.0. The Morgan fingerprint density at radius 3 is 2.44 bits per heavy atom. The van der Waals surface area contributed by atoms with E-state index in [1.165, 1.54) is 32.1 Å². The Morgan fingerprint density at radius 2 is 1.74 bits per heavy atom. The largest absolute Gasteiger partial charge is 0.509 e. The number of amides is 1. The Morgan fingerprint density at radius 1 is 1.04 bits per heavy atom. The van der Waals surface area contributed by atoms with Crippen molar-refractivity contribution in [3.63, 3.8) is 0 Å². The van der Waals surface area contributed by atoms with Gasteiger partial charge in [-0.25, -0.2) is 0 Å². The normalized spacial score (nSPS) is 21.7. The lowest BCUT2D eigenvalue weighted by molar-refractivity contribution is -0.127. The Labute approximate surface area is 161 Å². The molecular formula is C24H29NO2. The van der Waals surface area contributed by atoms with Crippen molar-refractivity contribution in [2.75, 3.05) is 6.54 Å². The molecule has 3 heteroatoms. The first-order valence-electron chi connectivity index (χ1n) is 10.3. The summed E-state index contributed by atoms with van der Waals surface area (Å²) in [7, 11) is 0. The molecule has 1 heterocycles. The minimum atomic E-state index is -0.208. The van der Waals surface area contributed by atoms with Crippen LogP contribution >= 0.6 is 0 Å². The van der Waals surface area contributed by atoms with Gasteiger partial charge in [-0.05, 0) is 47.1 Å². The molecule has 1 unspecified atom stereocenters. The predicted molar refractivity (Wildman–Crippen MR) is 110 cm³/mol. The van der Waals surface area contributed by atoms with Crippen molar-refractivity contribution in [3.05, 3.63) is 53.8 Å². The fourth-order valence-electron chi connectivity index (χ4n) is 4.81. The van der Waals surface area contributed by atoms with Gasteiger partial charge in [-0.2, -0.15) is 0 Å². The van der Waals surface area contributed by atoms with Gasteiger partial charge in [-0.15, -0.1) is 0 Å². The van der Waals surface area contributed by atoms with E-state index in [1.807, 2.05) is 35.2 Å². The van der Waals surface area contributed by atoms with Gasteiger partial charge in [0.05, 0.1) is 11.6 Å². The van der Waals surface area contributed by atoms with Crippen LogP contribution in [-0.2, 0) is 4.79 Å². The van der Waals surface area contributed by atoms with Crippen LogP contribution < -0.4 is 0 Å². The van der Waals surface area contributed by atoms with E-state index in [2.05, 4.69) is 26.0 Å². The van der Waals surface area contributed by atoms with Gasteiger partial charge in [0.1, 0.15) is 5.76 Å². The average Bonchev–Trinajstić information content (AvgIpc) is 2.92. The molecule has 1 saturated carbocycles. The summed E-state index contributed by atoms with van der Waals surface area (Å²) in [5, 5.41) is 13.3. The first kappa shape index (κ1) is 18.1. The van der Waals surface area contributed by atoms with E-state index in [0.29, 0.717) is 11.5 Å². The second-order valence-corrected chi connectivity index (χ2v) is 8.47. The van der Waals surface area contributed by atoms with Crippen LogP contribution in [0.3, 0.4) is 0 Å². The van der Waals surface area contributed by atoms with Crippen LogP contribution in [0.1, 0.15) is 51.5 Å². The average molecular weight is 364 g/mol. The number of aliphatic hydroxyl groups excluding tert-OH is 1. The van der Waals surface area contributed by atoms with Gasteiger partial charge in [0, 0.05) is 6.54 Å². The summed E-state index contributed by atoms with van der Waals surface area (Å²) in [4.78, 5) is 15.3. The lowest BCUT2D eigenvalue weighted by Gasteiger charge is -2.33. The topological polar surface area (TPSA) is 40.5 Å². The van der Waals surface area contributed by atoms with Crippen molar-refractivity contribution in [2.45, 2.75) is 52.0 Å². The number of carbonyl (C=O) groups excluding carboxylic acids is 1. The highest BCUT2D eigenvalue weighted by Gasteiger charge is 2.42. The summed E-state index contributed by atoms with van der Waals surface area (Å²) in [6.07, 6.45) is 6.22. The first-order chi connectivity index (χ1) is 13.1. The fraction of sp³-hybridized carbons (Fsp3) is 0.458. The number of hydrogen-bond donors (Lipinski definition) is 1. The van der Waals surface area contributed by atoms with Crippen LogP contribution in [-0.4, -0.2) is 28.5 Å². The molecular weight excluding hydrogens is 334 g/mol. The zero-order valence-corrected chi connectivity index (χ0v) is 16.3. The quantitative estimate of drug-likeness (QED) is 0.773. The van der Waals surface area contributed by atoms with Crippen LogP contribution in [0.4, 0.5) is 0 Å². The third-order valence-corrected chi connectivity index (χ3v) is 6.20. The van der Waals surface area contributed by atoms with Gasteiger partial charge in [0.2, 0.25) is 0 Å². The number of benzene rings is 2. The Kier molecular flexibility index (Phi) is 4.94. The van der Waals surface area contributed by atoms with Crippen LogP contribution in [0.2, 0.25) is 0 Å². The van der Waals surface area contributed by atoms with Crippen molar-refractivity contribution in [1.29, 1.82) is 0 Å². The highest BCUT2D eigenvalue weighted by molar-refractivity contribution is 6.23. The predicted octanol–water partition coefficient (Wildman–Crippen LogP) is 5.56. The molecule has 1 aliphatic carbocycles. The molecule has 4 rings (SSSR count). The lowest BCUT2D eigenvalue weighted by Crippen LogP contribution is -2.42. The molecule has 1 amide bonds. The molecule has 1 atom stereocenters. The van der Waals surface area contributed by atoms with Gasteiger partial charge in [-0.3, -0.25) is 4.79 Å². The molecule has 1 N–H and O–H groups in total. The maximum Gasteiger partial charge on any atom is 0.258 e. The molecule has 27 heavy (non-hydrogen) atoms. The Bertz CT molecular complexity index is 877. The van der Waals surface area contributed by atoms with Crippen molar-refractivity contribution in [2.24, 2.45) is 11.8 Å². The molecule has 0 radical (unpaired) electrons. The number of rotatable bonds is 4. The number of carbonyl (C=O) groups is 1. The SMILES string of the molecule is CC(C)C1C(O)=C(c2ccc3ccccc3c2)C(=O)N1CC1CCCCC1. The molecule has 2 aromatic rings. The number of hydrogen-bond acceptors (Lipinski definition) is 2. The minimum absolute atomic E-state index is 0.00736. The van der Waals surface area contributed by atoms with Crippen LogP contribution in [0, 0.1) is 11.8 Å². The van der Waals surface area contributed by atoms with E-state index >= 15 is 0 Å². The first-order valence-corrected chi connectivity index (χ1v) is 10.3. The summed E-state index contributed by atoms with van der Waals surface area (Å²) >= 11 is 0. The Hall–Kier alpha value is -2.29. The third-order valence-electron chi connectivity index (χ3n) is 6.20. The van der Waals surface area contributed by atoms with Crippen molar-refractivity contribution >= 4 is 22.3 Å². The number of aliphatic hydroxyl groups is 1. The molecule has 2 aliphatic rings. The number of fused-ring (bicyclic) bond motifs is 1. The molecule has 1 fully saturated rings. The van der Waals surface area contributed by atoms with Gasteiger partial charge in [0.15, 0.2) is 0 Å².